The molecule has 0 aliphatic carbocycles. The second-order valence-electron chi connectivity index (χ2n) is 3.26. The van der Waals surface area contributed by atoms with Gasteiger partial charge in [-0.05, 0) is 30.9 Å². The molecule has 0 saturated heterocycles. The van der Waals surface area contributed by atoms with Crippen molar-refractivity contribution in [3.63, 3.8) is 0 Å². The molecule has 2 nitrogen and oxygen atoms in total. The summed E-state index contributed by atoms with van der Waals surface area (Å²) >= 11 is 0. The van der Waals surface area contributed by atoms with Crippen LogP contribution in [0, 0.1) is 6.92 Å². The Morgan fingerprint density at radius 3 is 2.83 bits per heavy atom. The topological polar surface area (TPSA) is 38.9 Å². The minimum Gasteiger partial charge on any atom is -0.397 e. The molecule has 1 rings (SSSR count). The third kappa shape index (κ3) is 1.76. The number of aryl methyl sites for hydroxylation is 1. The molecule has 2 heteroatoms. The Bertz CT molecular complexity index is 269. The average molecular weight is 164 g/mol. The van der Waals surface area contributed by atoms with E-state index in [-0.39, 0.29) is 0 Å². The minimum atomic E-state index is 0.534. The quantitative estimate of drug-likeness (QED) is 0.729. The van der Waals surface area contributed by atoms with Gasteiger partial charge in [0.05, 0.1) is 11.9 Å². The van der Waals surface area contributed by atoms with Crippen molar-refractivity contribution in [2.75, 3.05) is 5.73 Å². The fourth-order valence-electron chi connectivity index (χ4n) is 1.24. The van der Waals surface area contributed by atoms with Crippen molar-refractivity contribution in [1.82, 2.24) is 4.98 Å². The second kappa shape index (κ2) is 3.57. The highest BCUT2D eigenvalue weighted by atomic mass is 14.7. The van der Waals surface area contributed by atoms with E-state index in [0.29, 0.717) is 5.92 Å². The summed E-state index contributed by atoms with van der Waals surface area (Å²) in [7, 11) is 0. The van der Waals surface area contributed by atoms with Crippen LogP contribution in [0.5, 0.6) is 0 Å². The summed E-state index contributed by atoms with van der Waals surface area (Å²) in [5.41, 5.74) is 8.89. The zero-order chi connectivity index (χ0) is 9.14. The number of nitrogens with zero attached hydrogens (tertiary/aromatic N) is 1. The number of anilines is 1. The normalized spacial score (nSPS) is 12.9. The predicted octanol–water partition coefficient (Wildman–Crippen LogP) is 2.49. The lowest BCUT2D eigenvalue weighted by molar-refractivity contribution is 0.733. The Kier molecular flexibility index (Phi) is 2.69. The van der Waals surface area contributed by atoms with Crippen molar-refractivity contribution in [3.05, 3.63) is 23.5 Å². The van der Waals surface area contributed by atoms with Crippen molar-refractivity contribution >= 4 is 5.69 Å². The van der Waals surface area contributed by atoms with Crippen LogP contribution in [0.1, 0.15) is 37.4 Å². The van der Waals surface area contributed by atoms with Gasteiger partial charge in [-0.3, -0.25) is 4.98 Å². The second-order valence-corrected chi connectivity index (χ2v) is 3.26. The van der Waals surface area contributed by atoms with Crippen LogP contribution in [0.3, 0.4) is 0 Å². The minimum absolute atomic E-state index is 0.534. The molecule has 1 unspecified atom stereocenters. The molecule has 0 spiro atoms. The first-order chi connectivity index (χ1) is 5.65. The van der Waals surface area contributed by atoms with Crippen LogP contribution in [0.4, 0.5) is 5.69 Å². The van der Waals surface area contributed by atoms with Crippen LogP contribution in [-0.4, -0.2) is 4.98 Å². The van der Waals surface area contributed by atoms with Crippen molar-refractivity contribution in [1.29, 1.82) is 0 Å². The molecule has 1 atom stereocenters. The first-order valence-corrected chi connectivity index (χ1v) is 4.37. The molecule has 1 aromatic rings. The molecule has 0 amide bonds. The Morgan fingerprint density at radius 1 is 1.58 bits per heavy atom. The van der Waals surface area contributed by atoms with E-state index in [1.54, 1.807) is 6.20 Å². The SMILES string of the molecule is CCC(C)c1cc(C)ncc1N. The molecule has 0 aliphatic rings. The zero-order valence-electron chi connectivity index (χ0n) is 7.96. The molecular weight excluding hydrogens is 148 g/mol. The maximum absolute atomic E-state index is 5.80. The van der Waals surface area contributed by atoms with E-state index in [1.165, 1.54) is 5.56 Å². The van der Waals surface area contributed by atoms with Crippen LogP contribution in [-0.2, 0) is 0 Å². The first-order valence-electron chi connectivity index (χ1n) is 4.37. The molecule has 66 valence electrons. The number of pyridine rings is 1. The average Bonchev–Trinajstić information content (AvgIpc) is 2.08. The summed E-state index contributed by atoms with van der Waals surface area (Å²) in [6.07, 6.45) is 2.87. The molecule has 0 saturated carbocycles. The summed E-state index contributed by atoms with van der Waals surface area (Å²) in [5, 5.41) is 0. The lowest BCUT2D eigenvalue weighted by Crippen LogP contribution is -2.00. The number of nitrogen functional groups attached to an aromatic ring is 1. The molecule has 0 bridgehead atoms. The zero-order valence-corrected chi connectivity index (χ0v) is 7.96. The number of rotatable bonds is 2. The molecule has 0 aliphatic heterocycles. The van der Waals surface area contributed by atoms with Gasteiger partial charge >= 0.3 is 0 Å². The van der Waals surface area contributed by atoms with E-state index >= 15 is 0 Å². The van der Waals surface area contributed by atoms with E-state index in [1.807, 2.05) is 6.92 Å². The van der Waals surface area contributed by atoms with Crippen LogP contribution in [0.15, 0.2) is 12.3 Å². The Balaban J connectivity index is 3.04. The highest BCUT2D eigenvalue weighted by Gasteiger charge is 2.06. The Hall–Kier alpha value is -1.05. The summed E-state index contributed by atoms with van der Waals surface area (Å²) in [5.74, 6) is 0.534. The largest absolute Gasteiger partial charge is 0.397 e. The first kappa shape index (κ1) is 9.04. The lowest BCUT2D eigenvalue weighted by Gasteiger charge is -2.11. The molecule has 1 aromatic heterocycles. The summed E-state index contributed by atoms with van der Waals surface area (Å²) in [6, 6.07) is 2.07. The summed E-state index contributed by atoms with van der Waals surface area (Å²) in [4.78, 5) is 4.13. The van der Waals surface area contributed by atoms with Gasteiger partial charge < -0.3 is 5.73 Å². The van der Waals surface area contributed by atoms with Gasteiger partial charge in [0.1, 0.15) is 0 Å². The standard InChI is InChI=1S/C10H16N2/c1-4-7(2)9-5-8(3)12-6-10(9)11/h5-7H,4,11H2,1-3H3. The van der Waals surface area contributed by atoms with Crippen molar-refractivity contribution in [3.8, 4) is 0 Å². The van der Waals surface area contributed by atoms with Gasteiger partial charge in [0.15, 0.2) is 0 Å². The van der Waals surface area contributed by atoms with Gasteiger partial charge in [-0.25, -0.2) is 0 Å². The molecule has 2 N–H and O–H groups in total. The third-order valence-electron chi connectivity index (χ3n) is 2.25. The number of hydrogen-bond donors (Lipinski definition) is 1. The fraction of sp³-hybridized carbons (Fsp3) is 0.500. The van der Waals surface area contributed by atoms with Crippen molar-refractivity contribution in [2.45, 2.75) is 33.1 Å². The van der Waals surface area contributed by atoms with E-state index in [2.05, 4.69) is 24.9 Å². The molecular formula is C10H16N2. The van der Waals surface area contributed by atoms with Crippen molar-refractivity contribution < 1.29 is 0 Å². The van der Waals surface area contributed by atoms with Gasteiger partial charge in [0, 0.05) is 5.69 Å². The monoisotopic (exact) mass is 164 g/mol. The van der Waals surface area contributed by atoms with Crippen molar-refractivity contribution in [2.24, 2.45) is 0 Å². The number of nitrogens with two attached hydrogens (primary N) is 1. The highest BCUT2D eigenvalue weighted by molar-refractivity contribution is 5.47. The van der Waals surface area contributed by atoms with Gasteiger partial charge in [0.2, 0.25) is 0 Å². The van der Waals surface area contributed by atoms with Crippen LogP contribution in [0.25, 0.3) is 0 Å². The highest BCUT2D eigenvalue weighted by Crippen LogP contribution is 2.24. The number of aromatic nitrogens is 1. The molecule has 1 heterocycles. The van der Waals surface area contributed by atoms with Gasteiger partial charge in [-0.2, -0.15) is 0 Å². The van der Waals surface area contributed by atoms with E-state index in [0.717, 1.165) is 17.8 Å². The van der Waals surface area contributed by atoms with E-state index < -0.39 is 0 Å². The third-order valence-corrected chi connectivity index (χ3v) is 2.25. The molecule has 0 radical (unpaired) electrons. The smallest absolute Gasteiger partial charge is 0.0536 e. The van der Waals surface area contributed by atoms with E-state index in [9.17, 15) is 0 Å². The number of hydrogen-bond acceptors (Lipinski definition) is 2. The maximum atomic E-state index is 5.80. The van der Waals surface area contributed by atoms with Crippen LogP contribution >= 0.6 is 0 Å². The summed E-state index contributed by atoms with van der Waals surface area (Å²) in [6.45, 7) is 6.34. The van der Waals surface area contributed by atoms with Gasteiger partial charge in [-0.15, -0.1) is 0 Å². The molecule has 12 heavy (non-hydrogen) atoms. The Labute approximate surface area is 73.8 Å². The van der Waals surface area contributed by atoms with Crippen LogP contribution in [0.2, 0.25) is 0 Å². The lowest BCUT2D eigenvalue weighted by atomic mass is 9.98. The molecule has 0 aromatic carbocycles. The maximum Gasteiger partial charge on any atom is 0.0536 e. The fourth-order valence-corrected chi connectivity index (χ4v) is 1.24. The van der Waals surface area contributed by atoms with E-state index in [4.69, 9.17) is 5.73 Å². The molecule has 0 fully saturated rings. The summed E-state index contributed by atoms with van der Waals surface area (Å²) < 4.78 is 0. The Morgan fingerprint density at radius 2 is 2.25 bits per heavy atom. The van der Waals surface area contributed by atoms with Gasteiger partial charge in [-0.1, -0.05) is 13.8 Å². The van der Waals surface area contributed by atoms with Gasteiger partial charge in [0.25, 0.3) is 0 Å². The predicted molar refractivity (Wildman–Crippen MR) is 52.1 cm³/mol. The van der Waals surface area contributed by atoms with Crippen LogP contribution < -0.4 is 5.73 Å².